The maximum absolute atomic E-state index is 15.8. The third-order valence-corrected chi connectivity index (χ3v) is 5.58. The van der Waals surface area contributed by atoms with Crippen LogP contribution in [0, 0.1) is 11.2 Å². The zero-order chi connectivity index (χ0) is 27.2. The summed E-state index contributed by atoms with van der Waals surface area (Å²) < 4.78 is 27.7. The number of nitrogens with two attached hydrogens (primary N) is 2. The molecule has 2 aromatic carbocycles. The number of nitrogens with zero attached hydrogens (tertiary/aromatic N) is 3. The highest BCUT2D eigenvalue weighted by Gasteiger charge is 2.27. The molecule has 1 atom stereocenters. The molecule has 0 spiro atoms. The molecule has 12 nitrogen and oxygen atoms in total. The summed E-state index contributed by atoms with van der Waals surface area (Å²) >= 11 is 0. The fourth-order valence-electron chi connectivity index (χ4n) is 3.68. The average molecular weight is 523 g/mol. The molecule has 0 saturated carbocycles. The van der Waals surface area contributed by atoms with E-state index in [-0.39, 0.29) is 47.7 Å². The van der Waals surface area contributed by atoms with E-state index in [0.717, 1.165) is 4.68 Å². The number of amidine groups is 1. The first-order valence-corrected chi connectivity index (χ1v) is 11.5. The molecular formula is C25H27FN8O4. The number of nitrogen functional groups attached to an aromatic ring is 2. The number of aliphatic hydroxyl groups excluding tert-OH is 1. The number of aliphatic hydroxyl groups is 1. The number of halogens is 1. The number of pyridine rings is 1. The number of ether oxygens (including phenoxy) is 2. The molecule has 0 radical (unpaired) electrons. The van der Waals surface area contributed by atoms with E-state index >= 15 is 4.39 Å². The zero-order valence-electron chi connectivity index (χ0n) is 20.4. The third kappa shape index (κ3) is 5.57. The molecule has 4 rings (SSSR count). The number of hydrogen-bond donors (Lipinski definition) is 6. The van der Waals surface area contributed by atoms with Gasteiger partial charge in [-0.05, 0) is 42.5 Å². The molecule has 0 aliphatic heterocycles. The number of rotatable bonds is 11. The van der Waals surface area contributed by atoms with Gasteiger partial charge in [-0.15, -0.1) is 5.10 Å². The fraction of sp³-hybridized carbons (Fsp3) is 0.200. The first-order valence-electron chi connectivity index (χ1n) is 11.5. The van der Waals surface area contributed by atoms with Crippen molar-refractivity contribution in [3.8, 4) is 17.3 Å². The molecule has 0 fully saturated rings. The topological polar surface area (TPSA) is 190 Å². The summed E-state index contributed by atoms with van der Waals surface area (Å²) in [5, 5.41) is 24.2. The second-order valence-corrected chi connectivity index (χ2v) is 8.17. The van der Waals surface area contributed by atoms with Crippen molar-refractivity contribution in [1.29, 1.82) is 5.41 Å². The number of anilines is 2. The van der Waals surface area contributed by atoms with E-state index in [1.165, 1.54) is 25.4 Å². The van der Waals surface area contributed by atoms with Gasteiger partial charge in [-0.1, -0.05) is 0 Å². The first-order chi connectivity index (χ1) is 18.3. The molecule has 0 aliphatic carbocycles. The third-order valence-electron chi connectivity index (χ3n) is 5.58. The lowest BCUT2D eigenvalue weighted by molar-refractivity contribution is 0.227. The van der Waals surface area contributed by atoms with Gasteiger partial charge in [-0.2, -0.15) is 4.68 Å². The minimum atomic E-state index is -1.03. The lowest BCUT2D eigenvalue weighted by Gasteiger charge is -2.21. The zero-order valence-corrected chi connectivity index (χ0v) is 20.4. The van der Waals surface area contributed by atoms with Crippen molar-refractivity contribution >= 4 is 17.2 Å². The molecule has 8 N–H and O–H groups in total. The Morgan fingerprint density at radius 2 is 2.05 bits per heavy atom. The molecule has 198 valence electrons. The van der Waals surface area contributed by atoms with Crippen LogP contribution in [0.4, 0.5) is 15.8 Å². The Kier molecular flexibility index (Phi) is 7.87. The van der Waals surface area contributed by atoms with Gasteiger partial charge in [-0.3, -0.25) is 10.4 Å². The highest BCUT2D eigenvalue weighted by Crippen LogP contribution is 2.35. The molecule has 2 aromatic heterocycles. The van der Waals surface area contributed by atoms with E-state index in [0.29, 0.717) is 23.4 Å². The van der Waals surface area contributed by atoms with E-state index < -0.39 is 17.5 Å². The summed E-state index contributed by atoms with van der Waals surface area (Å²) in [5.41, 5.74) is 12.2. The largest absolute Gasteiger partial charge is 0.497 e. The maximum atomic E-state index is 15.8. The van der Waals surface area contributed by atoms with E-state index in [1.54, 1.807) is 36.4 Å². The molecule has 0 aliphatic rings. The predicted molar refractivity (Wildman–Crippen MR) is 139 cm³/mol. The van der Waals surface area contributed by atoms with Crippen molar-refractivity contribution in [3.63, 3.8) is 0 Å². The Morgan fingerprint density at radius 3 is 2.71 bits per heavy atom. The van der Waals surface area contributed by atoms with Gasteiger partial charge in [-0.25, -0.2) is 14.2 Å². The van der Waals surface area contributed by atoms with Gasteiger partial charge in [0.05, 0.1) is 19.4 Å². The number of aromatic nitrogens is 4. The number of aromatic amines is 1. The SMILES string of the molecule is COc1cc(OCCCO)c(F)c(C(Nc2ccc(C(=N)N)cc2)c2nn(-c3ncccc3N)c(=O)[nH]2)c1. The summed E-state index contributed by atoms with van der Waals surface area (Å²) in [6, 6.07) is 11.6. The van der Waals surface area contributed by atoms with Crippen LogP contribution in [-0.4, -0.2) is 51.0 Å². The van der Waals surface area contributed by atoms with Crippen LogP contribution in [0.25, 0.3) is 5.82 Å². The summed E-state index contributed by atoms with van der Waals surface area (Å²) in [6.45, 7) is -0.0384. The quantitative estimate of drug-likeness (QED) is 0.0970. The molecule has 0 bridgehead atoms. The Balaban J connectivity index is 1.84. The van der Waals surface area contributed by atoms with Gasteiger partial charge in [0.25, 0.3) is 0 Å². The molecule has 0 saturated heterocycles. The molecule has 0 amide bonds. The summed E-state index contributed by atoms with van der Waals surface area (Å²) in [4.78, 5) is 19.7. The van der Waals surface area contributed by atoms with Crippen molar-refractivity contribution in [3.05, 3.63) is 88.0 Å². The lowest BCUT2D eigenvalue weighted by atomic mass is 10.0. The summed E-state index contributed by atoms with van der Waals surface area (Å²) in [5.74, 6) is -0.438. The molecule has 4 aromatic rings. The summed E-state index contributed by atoms with van der Waals surface area (Å²) in [7, 11) is 1.43. The molecular weight excluding hydrogens is 495 g/mol. The Bertz CT molecular complexity index is 1490. The Hall–Kier alpha value is -4.91. The molecule has 1 unspecified atom stereocenters. The first kappa shape index (κ1) is 26.2. The van der Waals surface area contributed by atoms with Crippen LogP contribution >= 0.6 is 0 Å². The van der Waals surface area contributed by atoms with Crippen molar-refractivity contribution in [2.24, 2.45) is 5.73 Å². The lowest BCUT2D eigenvalue weighted by Crippen LogP contribution is -2.18. The van der Waals surface area contributed by atoms with Crippen molar-refractivity contribution < 1.29 is 19.0 Å². The van der Waals surface area contributed by atoms with Gasteiger partial charge < -0.3 is 31.4 Å². The van der Waals surface area contributed by atoms with Crippen LogP contribution in [0.3, 0.4) is 0 Å². The molecule has 2 heterocycles. The van der Waals surface area contributed by atoms with Gasteiger partial charge in [0.15, 0.2) is 23.2 Å². The van der Waals surface area contributed by atoms with Crippen molar-refractivity contribution in [2.75, 3.05) is 31.4 Å². The molecule has 13 heteroatoms. The number of methoxy groups -OCH3 is 1. The monoisotopic (exact) mass is 522 g/mol. The van der Waals surface area contributed by atoms with E-state index in [9.17, 15) is 4.79 Å². The normalized spacial score (nSPS) is 11.7. The summed E-state index contributed by atoms with van der Waals surface area (Å²) in [6.07, 6.45) is 1.77. The predicted octanol–water partition coefficient (Wildman–Crippen LogP) is 1.93. The maximum Gasteiger partial charge on any atom is 0.349 e. The average Bonchev–Trinajstić information content (AvgIpc) is 3.30. The van der Waals surface area contributed by atoms with Crippen LogP contribution in [0.1, 0.15) is 29.4 Å². The minimum absolute atomic E-state index is 0.0594. The van der Waals surface area contributed by atoms with Crippen LogP contribution in [-0.2, 0) is 0 Å². The number of benzene rings is 2. The number of H-pyrrole nitrogens is 1. The number of nitrogens with one attached hydrogen (secondary N) is 3. The van der Waals surface area contributed by atoms with Crippen LogP contribution in [0.2, 0.25) is 0 Å². The smallest absolute Gasteiger partial charge is 0.349 e. The Morgan fingerprint density at radius 1 is 1.29 bits per heavy atom. The van der Waals surface area contributed by atoms with Gasteiger partial charge in [0, 0.05) is 42.1 Å². The second-order valence-electron chi connectivity index (χ2n) is 8.17. The Labute approximate surface area is 216 Å². The van der Waals surface area contributed by atoms with Gasteiger partial charge in [0.2, 0.25) is 0 Å². The fourth-order valence-corrected chi connectivity index (χ4v) is 3.68. The van der Waals surface area contributed by atoms with Crippen LogP contribution in [0.15, 0.2) is 59.5 Å². The van der Waals surface area contributed by atoms with Crippen LogP contribution < -0.4 is 31.9 Å². The van der Waals surface area contributed by atoms with Crippen molar-refractivity contribution in [2.45, 2.75) is 12.5 Å². The van der Waals surface area contributed by atoms with E-state index in [2.05, 4.69) is 20.4 Å². The standard InChI is InChI=1S/C25H27FN8O4/c1-37-16-12-17(20(26)19(13-16)38-11-3-10-35)21(31-15-7-5-14(6-8-15)22(28)29)23-32-25(36)34(33-23)24-18(27)4-2-9-30-24/h2,4-9,12-13,21,31,35H,3,10-11,27H2,1H3,(H3,28,29)(H,32,33,36). The van der Waals surface area contributed by atoms with Crippen molar-refractivity contribution in [1.82, 2.24) is 19.7 Å². The van der Waals surface area contributed by atoms with E-state index in [4.69, 9.17) is 31.5 Å². The minimum Gasteiger partial charge on any atom is -0.497 e. The highest BCUT2D eigenvalue weighted by atomic mass is 19.1. The number of hydrogen-bond acceptors (Lipinski definition) is 9. The molecule has 38 heavy (non-hydrogen) atoms. The van der Waals surface area contributed by atoms with Gasteiger partial charge >= 0.3 is 5.69 Å². The van der Waals surface area contributed by atoms with Crippen LogP contribution in [0.5, 0.6) is 11.5 Å². The second kappa shape index (κ2) is 11.4. The van der Waals surface area contributed by atoms with Gasteiger partial charge in [0.1, 0.15) is 17.6 Å². The highest BCUT2D eigenvalue weighted by molar-refractivity contribution is 5.95. The van der Waals surface area contributed by atoms with E-state index in [1.807, 2.05) is 0 Å².